The number of amides is 1. The van der Waals surface area contributed by atoms with E-state index in [0.717, 1.165) is 11.1 Å². The van der Waals surface area contributed by atoms with Crippen LogP contribution >= 0.6 is 11.6 Å². The number of esters is 1. The molecule has 2 aromatic carbocycles. The molecule has 9 nitrogen and oxygen atoms in total. The Morgan fingerprint density at radius 1 is 0.821 bits per heavy atom. The summed E-state index contributed by atoms with van der Waals surface area (Å²) in [5.41, 5.74) is 2.49. The van der Waals surface area contributed by atoms with Gasteiger partial charge < -0.3 is 19.7 Å². The third-order valence-corrected chi connectivity index (χ3v) is 4.77. The second-order valence-corrected chi connectivity index (χ2v) is 8.00. The first-order valence-corrected chi connectivity index (χ1v) is 12.6. The molecule has 10 heteroatoms. The maximum absolute atomic E-state index is 11.7. The van der Waals surface area contributed by atoms with Crippen molar-refractivity contribution in [3.8, 4) is 0 Å². The van der Waals surface area contributed by atoms with E-state index >= 15 is 0 Å². The average molecular weight is 556 g/mol. The fourth-order valence-corrected chi connectivity index (χ4v) is 2.60. The minimum Gasteiger partial charge on any atom is -0.466 e. The van der Waals surface area contributed by atoms with Crippen molar-refractivity contribution in [1.29, 1.82) is 0 Å². The van der Waals surface area contributed by atoms with E-state index in [1.54, 1.807) is 13.8 Å². The molecule has 0 radical (unpaired) electrons. The maximum atomic E-state index is 11.7. The number of nitrogens with one attached hydrogen (secondary N) is 1. The van der Waals surface area contributed by atoms with E-state index in [-0.39, 0.29) is 42.9 Å². The van der Waals surface area contributed by atoms with Gasteiger partial charge in [-0.15, -0.1) is 0 Å². The Hall–Kier alpha value is -4.24. The van der Waals surface area contributed by atoms with Crippen molar-refractivity contribution in [2.45, 2.75) is 27.2 Å². The zero-order valence-electron chi connectivity index (χ0n) is 22.3. The van der Waals surface area contributed by atoms with Gasteiger partial charge in [0.15, 0.2) is 0 Å². The lowest BCUT2D eigenvalue weighted by Crippen LogP contribution is -2.31. The number of halogens is 1. The van der Waals surface area contributed by atoms with Gasteiger partial charge in [-0.25, -0.2) is 0 Å². The molecule has 0 fully saturated rings. The summed E-state index contributed by atoms with van der Waals surface area (Å²) in [7, 11) is 0. The van der Waals surface area contributed by atoms with Gasteiger partial charge in [0.05, 0.1) is 13.0 Å². The molecule has 208 valence electrons. The molecular weight excluding hydrogens is 522 g/mol. The van der Waals surface area contributed by atoms with Crippen LogP contribution in [0.25, 0.3) is 12.2 Å². The molecule has 0 saturated carbocycles. The lowest BCUT2D eigenvalue weighted by Gasteiger charge is -2.04. The predicted octanol–water partition coefficient (Wildman–Crippen LogP) is 5.02. The lowest BCUT2D eigenvalue weighted by molar-refractivity contribution is -0.143. The van der Waals surface area contributed by atoms with Crippen LogP contribution in [-0.2, 0) is 28.8 Å². The summed E-state index contributed by atoms with van der Waals surface area (Å²) in [6.45, 7) is 5.88. The Kier molecular flexibility index (Phi) is 17.5. The van der Waals surface area contributed by atoms with E-state index in [1.807, 2.05) is 85.0 Å². The van der Waals surface area contributed by atoms with Crippen molar-refractivity contribution in [3.63, 3.8) is 0 Å². The molecule has 0 aliphatic rings. The first-order valence-electron chi connectivity index (χ1n) is 12.2. The number of carbonyl (C=O) groups excluding carboxylic acids is 3. The molecule has 0 bridgehead atoms. The standard InChI is InChI=1S/C17H22N2O4.C12H12ClNO2/c1-3-22-16(20)11-12-18-17(21)14(2)19-23-13-7-10-15-8-5-4-6-9-15;1-10(12(13)15)14-16-9-5-8-11-6-3-2-4-7-11/h4-10H,3,11-13H2,1-2H3,(H,18,21);2-8H,9H2,1H3. The lowest BCUT2D eigenvalue weighted by atomic mass is 10.2. The summed E-state index contributed by atoms with van der Waals surface area (Å²) < 4.78 is 4.76. The van der Waals surface area contributed by atoms with Crippen LogP contribution in [0.1, 0.15) is 38.3 Å². The van der Waals surface area contributed by atoms with Crippen LogP contribution in [0.15, 0.2) is 83.1 Å². The molecule has 0 heterocycles. The molecular formula is C29H34ClN3O6. The minimum absolute atomic E-state index is 0.132. The molecule has 0 unspecified atom stereocenters. The summed E-state index contributed by atoms with van der Waals surface area (Å²) in [6.07, 6.45) is 7.57. The highest BCUT2D eigenvalue weighted by molar-refractivity contribution is 6.81. The van der Waals surface area contributed by atoms with Crippen LogP contribution in [0, 0.1) is 0 Å². The number of benzene rings is 2. The fraction of sp³-hybridized carbons (Fsp3) is 0.276. The molecule has 0 atom stereocenters. The number of carbonyl (C=O) groups is 3. The molecule has 2 rings (SSSR count). The molecule has 0 saturated heterocycles. The molecule has 0 aromatic heterocycles. The Morgan fingerprint density at radius 2 is 1.31 bits per heavy atom. The van der Waals surface area contributed by atoms with E-state index in [2.05, 4.69) is 15.6 Å². The van der Waals surface area contributed by atoms with E-state index in [9.17, 15) is 14.4 Å². The van der Waals surface area contributed by atoms with Gasteiger partial charge in [0.2, 0.25) is 0 Å². The highest BCUT2D eigenvalue weighted by atomic mass is 35.5. The maximum Gasteiger partial charge on any atom is 0.307 e. The van der Waals surface area contributed by atoms with E-state index < -0.39 is 5.24 Å². The SMILES string of the molecule is CC(=NOCC=Cc1ccccc1)C(=O)Cl.CCOC(=O)CCNC(=O)C(C)=NOCC=Cc1ccccc1. The predicted molar refractivity (Wildman–Crippen MR) is 154 cm³/mol. The summed E-state index contributed by atoms with van der Waals surface area (Å²) in [4.78, 5) is 43.3. The van der Waals surface area contributed by atoms with Crippen molar-refractivity contribution in [3.05, 3.63) is 83.9 Å². The molecule has 39 heavy (non-hydrogen) atoms. The topological polar surface area (TPSA) is 116 Å². The highest BCUT2D eigenvalue weighted by Gasteiger charge is 2.07. The smallest absolute Gasteiger partial charge is 0.307 e. The largest absolute Gasteiger partial charge is 0.466 e. The van der Waals surface area contributed by atoms with Gasteiger partial charge in [-0.3, -0.25) is 14.4 Å². The van der Waals surface area contributed by atoms with Crippen LogP contribution in [0.4, 0.5) is 0 Å². The van der Waals surface area contributed by atoms with Crippen LogP contribution < -0.4 is 5.32 Å². The van der Waals surface area contributed by atoms with Gasteiger partial charge >= 0.3 is 5.97 Å². The summed E-state index contributed by atoms with van der Waals surface area (Å²) >= 11 is 5.17. The second-order valence-electron chi connectivity index (χ2n) is 7.66. The average Bonchev–Trinajstić information content (AvgIpc) is 2.94. The normalized spacial score (nSPS) is 11.5. The number of nitrogens with zero attached hydrogens (tertiary/aromatic N) is 2. The van der Waals surface area contributed by atoms with Crippen molar-refractivity contribution in [1.82, 2.24) is 5.32 Å². The Balaban J connectivity index is 0.000000416. The minimum atomic E-state index is -0.605. The zero-order chi connectivity index (χ0) is 28.7. The molecule has 0 spiro atoms. The molecule has 2 aromatic rings. The Morgan fingerprint density at radius 3 is 1.77 bits per heavy atom. The fourth-order valence-electron chi connectivity index (χ4n) is 2.57. The highest BCUT2D eigenvalue weighted by Crippen LogP contribution is 2.01. The second kappa shape index (κ2) is 20.8. The van der Waals surface area contributed by atoms with Gasteiger partial charge in [-0.1, -0.05) is 83.1 Å². The molecule has 0 aliphatic heterocycles. The Bertz CT molecular complexity index is 1130. The number of oxime groups is 2. The number of hydrogen-bond donors (Lipinski definition) is 1. The zero-order valence-corrected chi connectivity index (χ0v) is 23.1. The number of rotatable bonds is 14. The number of hydrogen-bond acceptors (Lipinski definition) is 8. The van der Waals surface area contributed by atoms with Crippen LogP contribution in [-0.4, -0.2) is 54.9 Å². The number of ether oxygens (including phenoxy) is 1. The van der Waals surface area contributed by atoms with Crippen LogP contribution in [0.2, 0.25) is 0 Å². The van der Waals surface area contributed by atoms with Crippen LogP contribution in [0.3, 0.4) is 0 Å². The van der Waals surface area contributed by atoms with Crippen molar-refractivity contribution < 1.29 is 28.8 Å². The first-order chi connectivity index (χ1) is 18.8. The molecule has 0 aliphatic carbocycles. The van der Waals surface area contributed by atoms with E-state index in [0.29, 0.717) is 13.2 Å². The van der Waals surface area contributed by atoms with E-state index in [1.165, 1.54) is 6.92 Å². The van der Waals surface area contributed by atoms with Crippen molar-refractivity contribution in [2.75, 3.05) is 26.4 Å². The van der Waals surface area contributed by atoms with Gasteiger partial charge in [0.1, 0.15) is 24.6 Å². The van der Waals surface area contributed by atoms with Crippen molar-refractivity contribution in [2.24, 2.45) is 10.3 Å². The van der Waals surface area contributed by atoms with Gasteiger partial charge in [-0.05, 0) is 55.7 Å². The quantitative estimate of drug-likeness (QED) is 0.115. The first kappa shape index (κ1) is 32.8. The van der Waals surface area contributed by atoms with Crippen LogP contribution in [0.5, 0.6) is 0 Å². The van der Waals surface area contributed by atoms with Gasteiger partial charge in [0, 0.05) is 6.54 Å². The van der Waals surface area contributed by atoms with Gasteiger partial charge in [0.25, 0.3) is 11.1 Å². The molecule has 1 amide bonds. The summed E-state index contributed by atoms with van der Waals surface area (Å²) in [5.74, 6) is -0.717. The van der Waals surface area contributed by atoms with E-state index in [4.69, 9.17) is 26.0 Å². The van der Waals surface area contributed by atoms with Gasteiger partial charge in [-0.2, -0.15) is 0 Å². The monoisotopic (exact) mass is 555 g/mol. The summed E-state index contributed by atoms with van der Waals surface area (Å²) in [6, 6.07) is 19.6. The third kappa shape index (κ3) is 17.0. The summed E-state index contributed by atoms with van der Waals surface area (Å²) in [5, 5.41) is 9.23. The third-order valence-electron chi connectivity index (χ3n) is 4.50. The Labute approximate surface area is 234 Å². The molecule has 1 N–H and O–H groups in total. The van der Waals surface area contributed by atoms with Crippen molar-refractivity contribution >= 4 is 52.3 Å².